The van der Waals surface area contributed by atoms with Crippen molar-refractivity contribution in [3.05, 3.63) is 72.6 Å². The molecule has 15 heteroatoms. The molecule has 5 atom stereocenters. The van der Waals surface area contributed by atoms with E-state index in [-0.39, 0.29) is 41.8 Å². The third kappa shape index (κ3) is 8.89. The van der Waals surface area contributed by atoms with E-state index in [1.807, 2.05) is 32.6 Å². The van der Waals surface area contributed by atoms with Crippen LogP contribution in [0.15, 0.2) is 60.9 Å². The number of aromatic amines is 2. The van der Waals surface area contributed by atoms with Crippen molar-refractivity contribution in [2.75, 3.05) is 33.4 Å². The fourth-order valence-electron chi connectivity index (χ4n) is 8.11. The van der Waals surface area contributed by atoms with Crippen molar-refractivity contribution in [1.82, 2.24) is 40.4 Å². The van der Waals surface area contributed by atoms with Crippen LogP contribution in [0.4, 0.5) is 9.59 Å². The van der Waals surface area contributed by atoms with E-state index in [0.717, 1.165) is 71.0 Å². The van der Waals surface area contributed by atoms with Gasteiger partial charge in [-0.3, -0.25) is 9.59 Å². The van der Waals surface area contributed by atoms with E-state index in [4.69, 9.17) is 19.2 Å². The monoisotopic (exact) mass is 794 g/mol. The predicted molar refractivity (Wildman–Crippen MR) is 216 cm³/mol. The molecule has 0 saturated carbocycles. The van der Waals surface area contributed by atoms with Crippen molar-refractivity contribution in [3.63, 3.8) is 0 Å². The largest absolute Gasteiger partial charge is 0.453 e. The lowest BCUT2D eigenvalue weighted by Crippen LogP contribution is -2.51. The summed E-state index contributed by atoms with van der Waals surface area (Å²) in [6.07, 6.45) is 5.99. The maximum absolute atomic E-state index is 13.8. The summed E-state index contributed by atoms with van der Waals surface area (Å²) in [5.41, 5.74) is 5.77. The van der Waals surface area contributed by atoms with Crippen molar-refractivity contribution in [2.24, 2.45) is 11.8 Å². The Kier molecular flexibility index (Phi) is 12.5. The minimum Gasteiger partial charge on any atom is -0.453 e. The molecule has 0 aliphatic carbocycles. The Balaban J connectivity index is 0.979. The number of methoxy groups -OCH3 is 1. The van der Waals surface area contributed by atoms with Crippen LogP contribution >= 0.6 is 0 Å². The molecule has 15 nitrogen and oxygen atoms in total. The number of H-pyrrole nitrogens is 2. The van der Waals surface area contributed by atoms with Crippen LogP contribution in [0.5, 0.6) is 0 Å². The number of benzene rings is 2. The molecule has 3 fully saturated rings. The summed E-state index contributed by atoms with van der Waals surface area (Å²) in [6, 6.07) is 14.7. The van der Waals surface area contributed by atoms with Gasteiger partial charge in [-0.2, -0.15) is 0 Å². The van der Waals surface area contributed by atoms with Crippen LogP contribution in [0.25, 0.3) is 33.6 Å². The average molecular weight is 795 g/mol. The van der Waals surface area contributed by atoms with E-state index in [0.29, 0.717) is 32.7 Å². The summed E-state index contributed by atoms with van der Waals surface area (Å²) >= 11 is 0. The Bertz CT molecular complexity index is 2050. The van der Waals surface area contributed by atoms with Crippen LogP contribution in [-0.2, 0) is 23.8 Å². The predicted octanol–water partition coefficient (Wildman–Crippen LogP) is 6.38. The summed E-state index contributed by atoms with van der Waals surface area (Å²) in [6.45, 7) is 9.75. The maximum Gasteiger partial charge on any atom is 0.408 e. The van der Waals surface area contributed by atoms with Gasteiger partial charge in [0, 0.05) is 19.5 Å². The van der Waals surface area contributed by atoms with E-state index in [1.165, 1.54) is 7.11 Å². The molecule has 4 aromatic rings. The minimum absolute atomic E-state index is 0.106. The van der Waals surface area contributed by atoms with Crippen LogP contribution in [0.2, 0.25) is 0 Å². The number of hydrogen-bond acceptors (Lipinski definition) is 9. The number of likely N-dealkylation sites (tertiary alicyclic amines) is 2. The number of hydrogen-bond donors (Lipinski definition) is 4. The molecule has 2 aromatic carbocycles. The lowest BCUT2D eigenvalue weighted by molar-refractivity contribution is -0.136. The quantitative estimate of drug-likeness (QED) is 0.126. The highest BCUT2D eigenvalue weighted by Crippen LogP contribution is 2.35. The molecule has 308 valence electrons. The van der Waals surface area contributed by atoms with Crippen molar-refractivity contribution in [3.8, 4) is 33.6 Å². The summed E-state index contributed by atoms with van der Waals surface area (Å²) < 4.78 is 15.6. The number of rotatable bonds is 12. The summed E-state index contributed by atoms with van der Waals surface area (Å²) in [5, 5.41) is 5.51. The molecule has 2 aromatic heterocycles. The van der Waals surface area contributed by atoms with Crippen LogP contribution in [0.3, 0.4) is 0 Å². The van der Waals surface area contributed by atoms with Gasteiger partial charge in [0.25, 0.3) is 0 Å². The Morgan fingerprint density at radius 3 is 1.55 bits per heavy atom. The number of alkyl carbamates (subject to hydrolysis) is 2. The normalized spacial score (nSPS) is 20.4. The van der Waals surface area contributed by atoms with Crippen LogP contribution in [0, 0.1) is 11.8 Å². The molecule has 5 heterocycles. The molecule has 0 radical (unpaired) electrons. The number of ether oxygens (including phenoxy) is 3. The summed E-state index contributed by atoms with van der Waals surface area (Å²) in [7, 11) is 1.29. The van der Waals surface area contributed by atoms with E-state index in [9.17, 15) is 19.2 Å². The Labute approximate surface area is 338 Å². The lowest BCUT2D eigenvalue weighted by Gasteiger charge is -2.30. The first-order valence-electron chi connectivity index (χ1n) is 20.3. The zero-order valence-electron chi connectivity index (χ0n) is 33.8. The van der Waals surface area contributed by atoms with Gasteiger partial charge in [-0.25, -0.2) is 19.6 Å². The highest BCUT2D eigenvalue weighted by Gasteiger charge is 2.39. The smallest absolute Gasteiger partial charge is 0.408 e. The number of nitrogens with zero attached hydrogens (tertiary/aromatic N) is 4. The van der Waals surface area contributed by atoms with Crippen molar-refractivity contribution < 1.29 is 33.4 Å². The van der Waals surface area contributed by atoms with E-state index in [1.54, 1.807) is 17.3 Å². The second kappa shape index (κ2) is 17.8. The zero-order valence-corrected chi connectivity index (χ0v) is 33.8. The zero-order chi connectivity index (χ0) is 40.9. The third-order valence-corrected chi connectivity index (χ3v) is 11.4. The summed E-state index contributed by atoms with van der Waals surface area (Å²) in [4.78, 5) is 71.9. The first-order chi connectivity index (χ1) is 28.0. The van der Waals surface area contributed by atoms with Gasteiger partial charge < -0.3 is 44.6 Å². The molecule has 1 unspecified atom stereocenters. The number of nitrogens with one attached hydrogen (secondary N) is 4. The van der Waals surface area contributed by atoms with Gasteiger partial charge in [0.2, 0.25) is 11.8 Å². The Morgan fingerprint density at radius 1 is 0.690 bits per heavy atom. The fourth-order valence-corrected chi connectivity index (χ4v) is 8.11. The number of carbonyl (C=O) groups excluding carboxylic acids is 4. The summed E-state index contributed by atoms with van der Waals surface area (Å²) in [5.74, 6) is 0.924. The molecule has 3 saturated heterocycles. The highest BCUT2D eigenvalue weighted by atomic mass is 16.6. The number of imidazole rings is 2. The minimum atomic E-state index is -0.717. The van der Waals surface area contributed by atoms with Gasteiger partial charge in [0.05, 0.1) is 56.2 Å². The molecular weight excluding hydrogens is 741 g/mol. The second-order valence-electron chi connectivity index (χ2n) is 16.0. The fraction of sp³-hybridized carbons (Fsp3) is 0.488. The second-order valence-corrected chi connectivity index (χ2v) is 16.0. The van der Waals surface area contributed by atoms with Crippen LogP contribution in [0.1, 0.15) is 83.5 Å². The number of carbonyl (C=O) groups is 4. The van der Waals surface area contributed by atoms with Gasteiger partial charge in [-0.1, -0.05) is 76.2 Å². The molecule has 4 amide bonds. The highest BCUT2D eigenvalue weighted by molar-refractivity contribution is 5.87. The first-order valence-corrected chi connectivity index (χ1v) is 20.3. The van der Waals surface area contributed by atoms with Gasteiger partial charge >= 0.3 is 12.2 Å². The molecule has 7 rings (SSSR count). The van der Waals surface area contributed by atoms with Crippen LogP contribution < -0.4 is 10.6 Å². The molecule has 0 spiro atoms. The van der Waals surface area contributed by atoms with Gasteiger partial charge in [-0.15, -0.1) is 0 Å². The van der Waals surface area contributed by atoms with Crippen molar-refractivity contribution in [1.29, 1.82) is 0 Å². The maximum atomic E-state index is 13.8. The molecule has 0 bridgehead atoms. The molecule has 3 aliphatic rings. The number of aromatic nitrogens is 4. The molecule has 3 aliphatic heterocycles. The lowest BCUT2D eigenvalue weighted by atomic mass is 10.0. The SMILES string of the molecule is COC(=O)N[C@H](C(=O)N1CCCC1c1ncc(-c2ccc(-c3ccc(-c4cnc([C@@H]5CCCN5C(=O)[C@@H](NC(=O)O[C@H]5CCOC5)C(C)C)[nH]4)cc3)cc2)[nH]1)C(C)C. The van der Waals surface area contributed by atoms with Gasteiger partial charge in [0.15, 0.2) is 0 Å². The molecular formula is C43H54N8O7. The molecule has 58 heavy (non-hydrogen) atoms. The van der Waals surface area contributed by atoms with Crippen LogP contribution in [-0.4, -0.2) is 105 Å². The molecule has 4 N–H and O–H groups in total. The van der Waals surface area contributed by atoms with Crippen molar-refractivity contribution in [2.45, 2.75) is 90.1 Å². The Morgan fingerprint density at radius 2 is 1.14 bits per heavy atom. The topological polar surface area (TPSA) is 184 Å². The number of amides is 4. The van der Waals surface area contributed by atoms with E-state index < -0.39 is 24.3 Å². The van der Waals surface area contributed by atoms with Gasteiger partial charge in [0.1, 0.15) is 29.8 Å². The van der Waals surface area contributed by atoms with E-state index >= 15 is 0 Å². The third-order valence-electron chi connectivity index (χ3n) is 11.4. The standard InChI is InChI=1S/C43H54N8O7/c1-25(2)36(48-42(54)56-5)40(52)50-19-6-8-34(50)38-44-22-32(46-38)29-14-10-27(11-15-29)28-12-16-30(17-13-28)33-23-45-39(47-33)35-9-7-20-51(35)41(53)37(26(3)4)49-43(55)58-31-18-21-57-24-31/h10-17,22-23,25-26,31,34-37H,6-9,18-21,24H2,1-5H3,(H,44,46)(H,45,47)(H,48,54)(H,49,55)/t31-,34?,35-,36-,37-/m0/s1. The average Bonchev–Trinajstić information content (AvgIpc) is 4.08. The van der Waals surface area contributed by atoms with Crippen molar-refractivity contribution >= 4 is 24.0 Å². The Hall–Kier alpha value is -5.70. The van der Waals surface area contributed by atoms with E-state index in [2.05, 4.69) is 74.1 Å². The van der Waals surface area contributed by atoms with Gasteiger partial charge in [-0.05, 0) is 59.8 Å². The first kappa shape index (κ1) is 40.5.